The normalized spacial score (nSPS) is 10.7. The van der Waals surface area contributed by atoms with Gasteiger partial charge >= 0.3 is 5.97 Å². The van der Waals surface area contributed by atoms with Crippen molar-refractivity contribution in [2.75, 3.05) is 26.1 Å². The zero-order valence-corrected chi connectivity index (χ0v) is 18.8. The molecule has 0 fully saturated rings. The summed E-state index contributed by atoms with van der Waals surface area (Å²) in [7, 11) is 2.77. The SMILES string of the molecule is COc1ccc(C=O)c(C(=O)OCC(=O)Nc2c(C(C)C)cccc2C(C)C)c1OC. The fourth-order valence-corrected chi connectivity index (χ4v) is 3.33. The Hall–Kier alpha value is -3.35. The van der Waals surface area contributed by atoms with Gasteiger partial charge in [-0.2, -0.15) is 0 Å². The standard InChI is InChI=1S/C24H29NO6/c1-14(2)17-8-7-9-18(15(3)4)22(17)25-20(27)13-31-24(28)21-16(12-26)10-11-19(29-5)23(21)30-6/h7-12,14-15H,13H2,1-6H3,(H,25,27). The average Bonchev–Trinajstić information content (AvgIpc) is 2.75. The molecule has 2 aromatic rings. The van der Waals surface area contributed by atoms with E-state index in [1.54, 1.807) is 0 Å². The molecule has 0 aliphatic carbocycles. The molecule has 0 heterocycles. The Balaban J connectivity index is 2.24. The van der Waals surface area contributed by atoms with Crippen LogP contribution in [0.1, 0.15) is 71.4 Å². The van der Waals surface area contributed by atoms with E-state index in [2.05, 4.69) is 5.32 Å². The molecule has 0 spiro atoms. The van der Waals surface area contributed by atoms with Crippen LogP contribution in [0.15, 0.2) is 30.3 Å². The summed E-state index contributed by atoms with van der Waals surface area (Å²) in [5.41, 5.74) is 2.73. The van der Waals surface area contributed by atoms with Gasteiger partial charge in [0, 0.05) is 11.3 Å². The molecular weight excluding hydrogens is 398 g/mol. The van der Waals surface area contributed by atoms with E-state index in [1.807, 2.05) is 45.9 Å². The highest BCUT2D eigenvalue weighted by molar-refractivity contribution is 6.03. The van der Waals surface area contributed by atoms with Crippen molar-refractivity contribution in [1.29, 1.82) is 0 Å². The smallest absolute Gasteiger partial charge is 0.343 e. The first-order chi connectivity index (χ1) is 14.7. The molecule has 1 N–H and O–H groups in total. The quantitative estimate of drug-likeness (QED) is 0.466. The topological polar surface area (TPSA) is 90.9 Å². The summed E-state index contributed by atoms with van der Waals surface area (Å²) in [6.45, 7) is 7.67. The molecule has 166 valence electrons. The summed E-state index contributed by atoms with van der Waals surface area (Å²) >= 11 is 0. The Morgan fingerprint density at radius 2 is 1.58 bits per heavy atom. The number of hydrogen-bond acceptors (Lipinski definition) is 6. The Kier molecular flexibility index (Phi) is 8.19. The molecule has 0 unspecified atom stereocenters. The third-order valence-corrected chi connectivity index (χ3v) is 4.88. The van der Waals surface area contributed by atoms with Crippen LogP contribution < -0.4 is 14.8 Å². The van der Waals surface area contributed by atoms with Crippen molar-refractivity contribution >= 4 is 23.9 Å². The van der Waals surface area contributed by atoms with Gasteiger partial charge < -0.3 is 19.5 Å². The molecule has 0 aromatic heterocycles. The van der Waals surface area contributed by atoms with Crippen molar-refractivity contribution in [2.45, 2.75) is 39.5 Å². The predicted molar refractivity (Wildman–Crippen MR) is 118 cm³/mol. The lowest BCUT2D eigenvalue weighted by Crippen LogP contribution is -2.23. The fourth-order valence-electron chi connectivity index (χ4n) is 3.33. The predicted octanol–water partition coefficient (Wildman–Crippen LogP) is 4.56. The molecule has 7 nitrogen and oxygen atoms in total. The third-order valence-electron chi connectivity index (χ3n) is 4.88. The highest BCUT2D eigenvalue weighted by Crippen LogP contribution is 2.34. The van der Waals surface area contributed by atoms with Crippen LogP contribution in [0.2, 0.25) is 0 Å². The molecular formula is C24H29NO6. The molecule has 0 radical (unpaired) electrons. The molecule has 0 aliphatic rings. The average molecular weight is 427 g/mol. The molecule has 31 heavy (non-hydrogen) atoms. The van der Waals surface area contributed by atoms with Crippen LogP contribution in [0.3, 0.4) is 0 Å². The number of amides is 1. The fraction of sp³-hybridized carbons (Fsp3) is 0.375. The van der Waals surface area contributed by atoms with Crippen molar-refractivity contribution in [1.82, 2.24) is 0 Å². The van der Waals surface area contributed by atoms with E-state index in [1.165, 1.54) is 26.4 Å². The number of nitrogens with one attached hydrogen (secondary N) is 1. The monoisotopic (exact) mass is 427 g/mol. The molecule has 7 heteroatoms. The summed E-state index contributed by atoms with van der Waals surface area (Å²) < 4.78 is 15.6. The molecule has 0 saturated heterocycles. The van der Waals surface area contributed by atoms with E-state index in [9.17, 15) is 14.4 Å². The van der Waals surface area contributed by atoms with Crippen LogP contribution in [-0.2, 0) is 9.53 Å². The van der Waals surface area contributed by atoms with E-state index >= 15 is 0 Å². The van der Waals surface area contributed by atoms with Crippen LogP contribution >= 0.6 is 0 Å². The Morgan fingerprint density at radius 3 is 2.06 bits per heavy atom. The number of hydrogen-bond donors (Lipinski definition) is 1. The summed E-state index contributed by atoms with van der Waals surface area (Å²) in [4.78, 5) is 36.7. The van der Waals surface area contributed by atoms with Crippen molar-refractivity contribution in [3.05, 3.63) is 52.6 Å². The molecule has 0 bridgehead atoms. The van der Waals surface area contributed by atoms with Crippen LogP contribution in [0.25, 0.3) is 0 Å². The number of benzene rings is 2. The van der Waals surface area contributed by atoms with Crippen molar-refractivity contribution in [3.63, 3.8) is 0 Å². The highest BCUT2D eigenvalue weighted by Gasteiger charge is 2.24. The van der Waals surface area contributed by atoms with Crippen LogP contribution in [0.4, 0.5) is 5.69 Å². The Bertz CT molecular complexity index is 939. The van der Waals surface area contributed by atoms with Crippen LogP contribution in [0.5, 0.6) is 11.5 Å². The van der Waals surface area contributed by atoms with Gasteiger partial charge in [0.25, 0.3) is 5.91 Å². The van der Waals surface area contributed by atoms with E-state index in [0.717, 1.165) is 16.8 Å². The number of esters is 1. The van der Waals surface area contributed by atoms with E-state index in [-0.39, 0.29) is 34.5 Å². The van der Waals surface area contributed by atoms with Gasteiger partial charge in [-0.3, -0.25) is 9.59 Å². The minimum atomic E-state index is -0.853. The summed E-state index contributed by atoms with van der Waals surface area (Å²) in [5.74, 6) is -0.575. The maximum absolute atomic E-state index is 12.7. The van der Waals surface area contributed by atoms with Crippen LogP contribution in [-0.4, -0.2) is 39.0 Å². The number of rotatable bonds is 9. The highest BCUT2D eigenvalue weighted by atomic mass is 16.5. The third kappa shape index (κ3) is 5.42. The maximum atomic E-state index is 12.7. The number of anilines is 1. The number of para-hydroxylation sites is 1. The second-order valence-corrected chi connectivity index (χ2v) is 7.63. The van der Waals surface area contributed by atoms with E-state index in [0.29, 0.717) is 6.29 Å². The van der Waals surface area contributed by atoms with Gasteiger partial charge in [0.1, 0.15) is 5.56 Å². The summed E-state index contributed by atoms with van der Waals surface area (Å²) in [5, 5.41) is 2.89. The second kappa shape index (κ2) is 10.6. The van der Waals surface area contributed by atoms with E-state index in [4.69, 9.17) is 14.2 Å². The van der Waals surface area contributed by atoms with Gasteiger partial charge in [0.15, 0.2) is 24.4 Å². The maximum Gasteiger partial charge on any atom is 0.343 e. The Labute approximate surface area is 182 Å². The lowest BCUT2D eigenvalue weighted by Gasteiger charge is -2.20. The lowest BCUT2D eigenvalue weighted by molar-refractivity contribution is -0.119. The number of aldehydes is 1. The molecule has 2 rings (SSSR count). The zero-order valence-electron chi connectivity index (χ0n) is 18.8. The summed E-state index contributed by atoms with van der Waals surface area (Å²) in [6.07, 6.45) is 0.520. The van der Waals surface area contributed by atoms with Gasteiger partial charge in [0.05, 0.1) is 14.2 Å². The van der Waals surface area contributed by atoms with Crippen LogP contribution in [0, 0.1) is 0 Å². The van der Waals surface area contributed by atoms with Crippen molar-refractivity contribution in [3.8, 4) is 11.5 Å². The molecule has 2 aromatic carbocycles. The number of methoxy groups -OCH3 is 2. The number of ether oxygens (including phenoxy) is 3. The van der Waals surface area contributed by atoms with Gasteiger partial charge in [0.2, 0.25) is 0 Å². The zero-order chi connectivity index (χ0) is 23.1. The molecule has 0 saturated carbocycles. The first-order valence-electron chi connectivity index (χ1n) is 10.0. The molecule has 0 atom stereocenters. The first kappa shape index (κ1) is 23.9. The van der Waals surface area contributed by atoms with Gasteiger partial charge in [-0.25, -0.2) is 4.79 Å². The number of carbonyl (C=O) groups is 3. The minimum absolute atomic E-state index is 0.0738. The number of carbonyl (C=O) groups excluding carboxylic acids is 3. The largest absolute Gasteiger partial charge is 0.493 e. The molecule has 0 aliphatic heterocycles. The van der Waals surface area contributed by atoms with Gasteiger partial charge in [-0.15, -0.1) is 0 Å². The Morgan fingerprint density at radius 1 is 0.968 bits per heavy atom. The molecule has 1 amide bonds. The van der Waals surface area contributed by atoms with Gasteiger partial charge in [-0.05, 0) is 35.1 Å². The van der Waals surface area contributed by atoms with Crippen molar-refractivity contribution < 1.29 is 28.6 Å². The summed E-state index contributed by atoms with van der Waals surface area (Å²) in [6, 6.07) is 8.85. The lowest BCUT2D eigenvalue weighted by atomic mass is 9.92. The second-order valence-electron chi connectivity index (χ2n) is 7.63. The van der Waals surface area contributed by atoms with Gasteiger partial charge in [-0.1, -0.05) is 45.9 Å². The minimum Gasteiger partial charge on any atom is -0.493 e. The van der Waals surface area contributed by atoms with Crippen molar-refractivity contribution in [2.24, 2.45) is 0 Å². The van der Waals surface area contributed by atoms with E-state index < -0.39 is 18.5 Å². The first-order valence-corrected chi connectivity index (χ1v) is 10.0.